The van der Waals surface area contributed by atoms with Gasteiger partial charge in [-0.3, -0.25) is 0 Å². The Kier molecular flexibility index (Phi) is 5.40. The van der Waals surface area contributed by atoms with E-state index in [4.69, 9.17) is 0 Å². The van der Waals surface area contributed by atoms with E-state index >= 15 is 0 Å². The number of hydrogen-bond acceptors (Lipinski definition) is 4. The second kappa shape index (κ2) is 7.90. The van der Waals surface area contributed by atoms with Gasteiger partial charge in [-0.2, -0.15) is 4.98 Å². The van der Waals surface area contributed by atoms with Crippen LogP contribution < -0.4 is 10.2 Å². The fraction of sp³-hybridized carbons (Fsp3) is 0.444. The SMILES string of the molecule is Fc1ccc(CCNc2nccc(N3CCCCCC3)n2)cc1. The first-order valence-electron chi connectivity index (χ1n) is 8.37. The highest BCUT2D eigenvalue weighted by Crippen LogP contribution is 2.17. The highest BCUT2D eigenvalue weighted by molar-refractivity contribution is 5.42. The number of nitrogens with one attached hydrogen (secondary N) is 1. The Hall–Kier alpha value is -2.17. The third-order valence-electron chi connectivity index (χ3n) is 4.18. The Morgan fingerprint density at radius 3 is 2.48 bits per heavy atom. The van der Waals surface area contributed by atoms with Gasteiger partial charge < -0.3 is 10.2 Å². The van der Waals surface area contributed by atoms with Gasteiger partial charge in [0.1, 0.15) is 11.6 Å². The van der Waals surface area contributed by atoms with Crippen molar-refractivity contribution in [3.63, 3.8) is 0 Å². The second-order valence-corrected chi connectivity index (χ2v) is 5.94. The monoisotopic (exact) mass is 314 g/mol. The minimum Gasteiger partial charge on any atom is -0.356 e. The summed E-state index contributed by atoms with van der Waals surface area (Å²) in [6, 6.07) is 8.59. The lowest BCUT2D eigenvalue weighted by Gasteiger charge is -2.21. The number of nitrogens with zero attached hydrogens (tertiary/aromatic N) is 3. The molecule has 122 valence electrons. The van der Waals surface area contributed by atoms with Gasteiger partial charge in [0.15, 0.2) is 0 Å². The Morgan fingerprint density at radius 2 is 1.74 bits per heavy atom. The molecule has 1 aromatic heterocycles. The summed E-state index contributed by atoms with van der Waals surface area (Å²) < 4.78 is 12.9. The van der Waals surface area contributed by atoms with E-state index in [1.54, 1.807) is 0 Å². The van der Waals surface area contributed by atoms with E-state index in [-0.39, 0.29) is 5.82 Å². The molecule has 0 saturated carbocycles. The summed E-state index contributed by atoms with van der Waals surface area (Å²) in [7, 11) is 0. The zero-order valence-electron chi connectivity index (χ0n) is 13.3. The van der Waals surface area contributed by atoms with Crippen LogP contribution in [0.25, 0.3) is 0 Å². The predicted molar refractivity (Wildman–Crippen MR) is 91.3 cm³/mol. The van der Waals surface area contributed by atoms with Crippen LogP contribution in [0.1, 0.15) is 31.2 Å². The topological polar surface area (TPSA) is 41.1 Å². The Balaban J connectivity index is 1.55. The minimum atomic E-state index is -0.199. The lowest BCUT2D eigenvalue weighted by molar-refractivity contribution is 0.627. The van der Waals surface area contributed by atoms with Crippen molar-refractivity contribution in [1.82, 2.24) is 9.97 Å². The first-order chi connectivity index (χ1) is 11.3. The van der Waals surface area contributed by atoms with Gasteiger partial charge in [0.25, 0.3) is 0 Å². The van der Waals surface area contributed by atoms with E-state index in [2.05, 4.69) is 20.2 Å². The average molecular weight is 314 g/mol. The van der Waals surface area contributed by atoms with E-state index in [9.17, 15) is 4.39 Å². The minimum absolute atomic E-state index is 0.199. The zero-order chi connectivity index (χ0) is 15.9. The summed E-state index contributed by atoms with van der Waals surface area (Å²) in [6.07, 6.45) is 7.72. The van der Waals surface area contributed by atoms with Gasteiger partial charge in [0.05, 0.1) is 0 Å². The molecular weight excluding hydrogens is 291 g/mol. The van der Waals surface area contributed by atoms with Crippen LogP contribution in [0.15, 0.2) is 36.5 Å². The van der Waals surface area contributed by atoms with E-state index < -0.39 is 0 Å². The van der Waals surface area contributed by atoms with E-state index in [1.165, 1.54) is 37.8 Å². The summed E-state index contributed by atoms with van der Waals surface area (Å²) in [6.45, 7) is 2.88. The maximum absolute atomic E-state index is 12.9. The highest BCUT2D eigenvalue weighted by Gasteiger charge is 2.11. The largest absolute Gasteiger partial charge is 0.356 e. The molecule has 1 N–H and O–H groups in total. The fourth-order valence-electron chi connectivity index (χ4n) is 2.88. The standard InChI is InChI=1S/C18H23FN4/c19-16-7-5-15(6-8-16)9-11-20-18-21-12-10-17(22-18)23-13-3-1-2-4-14-23/h5-8,10,12H,1-4,9,11,13-14H2,(H,20,21,22). The Morgan fingerprint density at radius 1 is 1.00 bits per heavy atom. The number of anilines is 2. The molecule has 1 aromatic carbocycles. The van der Waals surface area contributed by atoms with Gasteiger partial charge in [0, 0.05) is 25.8 Å². The molecule has 1 aliphatic heterocycles. The third kappa shape index (κ3) is 4.65. The zero-order valence-corrected chi connectivity index (χ0v) is 13.3. The van der Waals surface area contributed by atoms with Crippen LogP contribution >= 0.6 is 0 Å². The fourth-order valence-corrected chi connectivity index (χ4v) is 2.88. The lowest BCUT2D eigenvalue weighted by Crippen LogP contribution is -2.25. The van der Waals surface area contributed by atoms with Crippen molar-refractivity contribution in [2.24, 2.45) is 0 Å². The van der Waals surface area contributed by atoms with Crippen LogP contribution in [0.4, 0.5) is 16.2 Å². The van der Waals surface area contributed by atoms with Crippen LogP contribution in [-0.4, -0.2) is 29.6 Å². The van der Waals surface area contributed by atoms with Gasteiger partial charge in [-0.25, -0.2) is 9.37 Å². The van der Waals surface area contributed by atoms with Gasteiger partial charge >= 0.3 is 0 Å². The molecule has 23 heavy (non-hydrogen) atoms. The van der Waals surface area contributed by atoms with Crippen LogP contribution in [-0.2, 0) is 6.42 Å². The van der Waals surface area contributed by atoms with Crippen molar-refractivity contribution >= 4 is 11.8 Å². The summed E-state index contributed by atoms with van der Waals surface area (Å²) in [5.74, 6) is 1.47. The second-order valence-electron chi connectivity index (χ2n) is 5.94. The Labute approximate surface area is 136 Å². The predicted octanol–water partition coefficient (Wildman–Crippen LogP) is 3.65. The highest BCUT2D eigenvalue weighted by atomic mass is 19.1. The summed E-state index contributed by atoms with van der Waals surface area (Å²) in [4.78, 5) is 11.3. The Bertz CT molecular complexity index is 607. The molecule has 4 nitrogen and oxygen atoms in total. The quantitative estimate of drug-likeness (QED) is 0.914. The smallest absolute Gasteiger partial charge is 0.224 e. The molecule has 0 bridgehead atoms. The van der Waals surface area contributed by atoms with Crippen LogP contribution in [0, 0.1) is 5.82 Å². The van der Waals surface area contributed by atoms with Crippen molar-refractivity contribution in [1.29, 1.82) is 0 Å². The van der Waals surface area contributed by atoms with Crippen molar-refractivity contribution in [2.75, 3.05) is 29.9 Å². The van der Waals surface area contributed by atoms with Crippen molar-refractivity contribution in [3.05, 3.63) is 47.9 Å². The molecule has 0 amide bonds. The van der Waals surface area contributed by atoms with Crippen molar-refractivity contribution < 1.29 is 4.39 Å². The van der Waals surface area contributed by atoms with Crippen LogP contribution in [0.3, 0.4) is 0 Å². The molecule has 0 atom stereocenters. The van der Waals surface area contributed by atoms with Crippen molar-refractivity contribution in [3.8, 4) is 0 Å². The average Bonchev–Trinajstić information content (AvgIpc) is 2.86. The van der Waals surface area contributed by atoms with Gasteiger partial charge in [0.2, 0.25) is 5.95 Å². The third-order valence-corrected chi connectivity index (χ3v) is 4.18. The van der Waals surface area contributed by atoms with Crippen molar-refractivity contribution in [2.45, 2.75) is 32.1 Å². The molecule has 2 heterocycles. The van der Waals surface area contributed by atoms with Gasteiger partial charge in [-0.1, -0.05) is 25.0 Å². The molecule has 0 unspecified atom stereocenters. The molecule has 3 rings (SSSR count). The van der Waals surface area contributed by atoms with Gasteiger partial charge in [-0.15, -0.1) is 0 Å². The molecule has 1 aliphatic rings. The molecule has 1 fully saturated rings. The van der Waals surface area contributed by atoms with Crippen LogP contribution in [0.5, 0.6) is 0 Å². The summed E-state index contributed by atoms with van der Waals surface area (Å²) >= 11 is 0. The van der Waals surface area contributed by atoms with E-state index in [0.717, 1.165) is 37.4 Å². The molecule has 1 saturated heterocycles. The number of benzene rings is 1. The summed E-state index contributed by atoms with van der Waals surface area (Å²) in [5.41, 5.74) is 1.10. The van der Waals surface area contributed by atoms with E-state index in [1.807, 2.05) is 24.4 Å². The number of aromatic nitrogens is 2. The first-order valence-corrected chi connectivity index (χ1v) is 8.37. The maximum Gasteiger partial charge on any atom is 0.224 e. The normalized spacial score (nSPS) is 15.3. The van der Waals surface area contributed by atoms with Gasteiger partial charge in [-0.05, 0) is 43.0 Å². The van der Waals surface area contributed by atoms with Crippen LogP contribution in [0.2, 0.25) is 0 Å². The molecule has 0 radical (unpaired) electrons. The summed E-state index contributed by atoms with van der Waals surface area (Å²) in [5, 5.41) is 3.26. The first kappa shape index (κ1) is 15.7. The number of rotatable bonds is 5. The molecular formula is C18H23FN4. The maximum atomic E-state index is 12.9. The molecule has 2 aromatic rings. The number of hydrogen-bond donors (Lipinski definition) is 1. The van der Waals surface area contributed by atoms with E-state index in [0.29, 0.717) is 5.95 Å². The lowest BCUT2D eigenvalue weighted by atomic mass is 10.1. The molecule has 0 spiro atoms. The molecule has 5 heteroatoms. The molecule has 0 aliphatic carbocycles. The number of halogens is 1.